The number of imide groups is 1. The molecule has 1 aromatic rings. The van der Waals surface area contributed by atoms with Crippen LogP contribution in [0.15, 0.2) is 24.3 Å². The number of hydrogen-bond acceptors (Lipinski definition) is 44. The maximum Gasteiger partial charge on any atom is 0.303 e. The predicted octanol–water partition coefficient (Wildman–Crippen LogP) is -0.833. The molecule has 8 heterocycles. The summed E-state index contributed by atoms with van der Waals surface area (Å²) in [6.45, 7) is 7.11. The van der Waals surface area contributed by atoms with E-state index in [2.05, 4.69) is 0 Å². The summed E-state index contributed by atoms with van der Waals surface area (Å²) >= 11 is 0. The number of amides is 2. The summed E-state index contributed by atoms with van der Waals surface area (Å²) < 4.78 is 213. The monoisotopic (exact) mass is 1800 g/mol. The van der Waals surface area contributed by atoms with Crippen LogP contribution in [0, 0.1) is 0 Å². The van der Waals surface area contributed by atoms with Gasteiger partial charge in [-0.25, -0.2) is 0 Å². The van der Waals surface area contributed by atoms with Gasteiger partial charge < -0.3 is 161 Å². The Kier molecular flexibility index (Phi) is 38.8. The highest BCUT2D eigenvalue weighted by Crippen LogP contribution is 2.44. The minimum absolute atomic E-state index is 0.0248. The van der Waals surface area contributed by atoms with Crippen LogP contribution in [0.25, 0.3) is 0 Å². The second-order valence-corrected chi connectivity index (χ2v) is 30.2. The second kappa shape index (κ2) is 47.6. The van der Waals surface area contributed by atoms with E-state index in [1.807, 2.05) is 0 Å². The van der Waals surface area contributed by atoms with Gasteiger partial charge in [0.1, 0.15) is 160 Å². The van der Waals surface area contributed by atoms with E-state index in [9.17, 15) is 47.9 Å². The molecule has 0 spiro atoms. The van der Waals surface area contributed by atoms with Crippen LogP contribution < -0.4 is 0 Å². The first-order valence-corrected chi connectivity index (χ1v) is 40.2. The fourth-order valence-corrected chi connectivity index (χ4v) is 16.8. The third kappa shape index (κ3) is 24.4. The Morgan fingerprint density at radius 1 is 0.264 bits per heavy atom. The molecular weight excluding hydrogens is 1680 g/mol. The highest BCUT2D eigenvalue weighted by Gasteiger charge is 2.63. The molecule has 7 saturated heterocycles. The highest BCUT2D eigenvalue weighted by molar-refractivity contribution is 6.21. The molecule has 8 aliphatic heterocycles. The lowest BCUT2D eigenvalue weighted by Gasteiger charge is -2.52. The standard InChI is InChI=1S/C80H119NO44/c1-34-52(95-13)60(96-14)57(49(108-34)31-105-35(2)82)124-78-70(104-22)64(100-18)56(48(117-78)30-94-12)123-77-69(103-21)63(99-17)55(47(116-77)29-93-11)122-76-68(102-20)62(98-16)54(46(115-76)28-92-10)121-75-67(101-19)61(97-15)53(45(114-75)27-81-73(90)43-25-23-24-26-44(43)74(81)91)120-79-72(113-42(9)89)66(111-40(7)87)59(51(119-79)33-107-37(4)84)125-80-71(112-41(8)88)65(110-39(6)86)58(109-38(5)85)50(118-80)32-106-36(3)83/h23-26,34,45-72,75-80H,27-33H2,1-22H3/t34-,45?,46?,47-,48-,49?,50-,51-,52?,53+,54+,55+,56+,57+,58+,59+,60+,61-,62-,63?,64?,65?,66?,67?,68?,69?,70?,71?,72?,75+,76-,77-,78-,79-,80+/m0/s1. The Morgan fingerprint density at radius 3 is 0.768 bits per heavy atom. The van der Waals surface area contributed by atoms with Crippen LogP contribution >= 0.6 is 0 Å². The largest absolute Gasteiger partial charge is 0.463 e. The molecule has 45 heteroatoms. The van der Waals surface area contributed by atoms with Gasteiger partial charge in [0.05, 0.1) is 43.6 Å². The SMILES string of the molecule is COCC1O[C@@H](O[C@H]2C(OC)C(OC)[C@H](O[C@H]3C(OC)C(OC)[C@H](O[C@@H]4C(COC(C)=O)O[C@@H](C)C(OC)[C@H]4OC)O[C@H]3COC)O[C@H]2COC)C(OC)[C@@H](OC)[C@@H]1O[C@H]1OC(CN2C(=O)c3ccccc3C2=O)[C@@H](O[C@@H]2O[C@@H](COC(C)=O)[C@@H](O[C@H]3O[C@@H](COC(C)=O)[C@@H](OC(C)=O)C(OC(C)=O)C3OC(C)=O)C(OC(C)=O)C2OC(C)=O)[C@H](OC)C1OC. The number of nitrogens with zero attached hydrogens (tertiary/aromatic N) is 1. The average Bonchev–Trinajstić information content (AvgIpc) is 1.64. The molecule has 14 unspecified atom stereocenters. The van der Waals surface area contributed by atoms with E-state index in [4.69, 9.17) is 161 Å². The fourth-order valence-electron chi connectivity index (χ4n) is 16.8. The summed E-state index contributed by atoms with van der Waals surface area (Å²) in [4.78, 5) is 134. The van der Waals surface area contributed by atoms with Gasteiger partial charge in [0.15, 0.2) is 68.3 Å². The number of carbonyl (C=O) groups is 10. The van der Waals surface area contributed by atoms with E-state index in [0.29, 0.717) is 0 Å². The Bertz CT molecular complexity index is 3660. The lowest BCUT2D eigenvalue weighted by molar-refractivity contribution is -0.401. The molecule has 708 valence electrons. The summed E-state index contributed by atoms with van der Waals surface area (Å²) in [5.74, 6) is -8.97. The quantitative estimate of drug-likeness (QED) is 0.0438. The molecule has 8 aliphatic rings. The second-order valence-electron chi connectivity index (χ2n) is 30.2. The molecule has 7 fully saturated rings. The number of ether oxygens (including phenoxy) is 34. The molecule has 0 radical (unpaired) electrons. The van der Waals surface area contributed by atoms with Crippen molar-refractivity contribution in [3.63, 3.8) is 0 Å². The van der Waals surface area contributed by atoms with E-state index >= 15 is 0 Å². The third-order valence-corrected chi connectivity index (χ3v) is 22.0. The number of fused-ring (bicyclic) bond motifs is 1. The smallest absolute Gasteiger partial charge is 0.303 e. The van der Waals surface area contributed by atoms with Gasteiger partial charge in [-0.05, 0) is 19.1 Å². The lowest BCUT2D eigenvalue weighted by Crippen LogP contribution is -2.70. The Hall–Kier alpha value is -6.92. The molecule has 0 N–H and O–H groups in total. The molecule has 0 aliphatic carbocycles. The number of rotatable bonds is 41. The molecular formula is C80H119NO44. The van der Waals surface area contributed by atoms with Crippen molar-refractivity contribution < 1.29 is 209 Å². The molecule has 125 heavy (non-hydrogen) atoms. The zero-order chi connectivity index (χ0) is 91.5. The maximum absolute atomic E-state index is 14.6. The first kappa shape index (κ1) is 102. The van der Waals surface area contributed by atoms with E-state index in [-0.39, 0.29) is 37.6 Å². The molecule has 0 bridgehead atoms. The number of esters is 8. The summed E-state index contributed by atoms with van der Waals surface area (Å²) in [5, 5.41) is 0. The van der Waals surface area contributed by atoms with Gasteiger partial charge >= 0.3 is 47.8 Å². The Balaban J connectivity index is 1.03. The molecule has 0 saturated carbocycles. The van der Waals surface area contributed by atoms with Gasteiger partial charge in [0.25, 0.3) is 11.8 Å². The summed E-state index contributed by atoms with van der Waals surface area (Å²) in [6.07, 6.45) is -48.4. The normalized spacial score (nSPS) is 37.8. The number of benzene rings is 1. The topological polar surface area (TPSA) is 488 Å². The van der Waals surface area contributed by atoms with E-state index in [1.165, 1.54) is 111 Å². The summed E-state index contributed by atoms with van der Waals surface area (Å²) in [6, 6.07) is 6.01. The van der Waals surface area contributed by atoms with Crippen LogP contribution in [0.1, 0.15) is 83.0 Å². The molecule has 0 aromatic heterocycles. The van der Waals surface area contributed by atoms with E-state index in [0.717, 1.165) is 53.4 Å². The zero-order valence-electron chi connectivity index (χ0n) is 73.9. The first-order valence-electron chi connectivity index (χ1n) is 40.2. The summed E-state index contributed by atoms with van der Waals surface area (Å²) in [5.41, 5.74) is 0.0495. The predicted molar refractivity (Wildman–Crippen MR) is 409 cm³/mol. The van der Waals surface area contributed by atoms with Crippen molar-refractivity contribution in [1.29, 1.82) is 0 Å². The zero-order valence-corrected chi connectivity index (χ0v) is 73.9. The lowest BCUT2D eigenvalue weighted by atomic mass is 9.94. The van der Waals surface area contributed by atoms with Crippen LogP contribution in [0.4, 0.5) is 0 Å². The van der Waals surface area contributed by atoms with Crippen molar-refractivity contribution in [2.75, 3.05) is 139 Å². The molecule has 35 atom stereocenters. The van der Waals surface area contributed by atoms with E-state index < -0.39 is 294 Å². The molecule has 9 rings (SSSR count). The van der Waals surface area contributed by atoms with Crippen LogP contribution in [-0.2, 0) is 199 Å². The van der Waals surface area contributed by atoms with Gasteiger partial charge in [-0.2, -0.15) is 0 Å². The molecule has 2 amide bonds. The van der Waals surface area contributed by atoms with Crippen molar-refractivity contribution in [3.8, 4) is 0 Å². The minimum atomic E-state index is -2.06. The molecule has 45 nitrogen and oxygen atoms in total. The van der Waals surface area contributed by atoms with Crippen LogP contribution in [-0.4, -0.2) is 418 Å². The van der Waals surface area contributed by atoms with Gasteiger partial charge in [0.2, 0.25) is 0 Å². The maximum atomic E-state index is 14.6. The highest BCUT2D eigenvalue weighted by atomic mass is 16.8. The summed E-state index contributed by atoms with van der Waals surface area (Å²) in [7, 11) is 18.2. The van der Waals surface area contributed by atoms with Crippen LogP contribution in [0.2, 0.25) is 0 Å². The number of hydrogen-bond donors (Lipinski definition) is 0. The van der Waals surface area contributed by atoms with Crippen LogP contribution in [0.5, 0.6) is 0 Å². The van der Waals surface area contributed by atoms with Crippen molar-refractivity contribution in [1.82, 2.24) is 4.90 Å². The van der Waals surface area contributed by atoms with Crippen molar-refractivity contribution in [2.24, 2.45) is 0 Å². The van der Waals surface area contributed by atoms with Gasteiger partial charge in [0, 0.05) is 148 Å². The van der Waals surface area contributed by atoms with Gasteiger partial charge in [-0.3, -0.25) is 52.8 Å². The van der Waals surface area contributed by atoms with Crippen molar-refractivity contribution in [3.05, 3.63) is 35.4 Å². The molecule has 1 aromatic carbocycles. The first-order chi connectivity index (χ1) is 59.7. The fraction of sp³-hybridized carbons (Fsp3) is 0.800. The van der Waals surface area contributed by atoms with Crippen molar-refractivity contribution in [2.45, 2.75) is 277 Å². The third-order valence-electron chi connectivity index (χ3n) is 22.0. The van der Waals surface area contributed by atoms with Crippen LogP contribution in [0.3, 0.4) is 0 Å². The Morgan fingerprint density at radius 2 is 0.488 bits per heavy atom. The van der Waals surface area contributed by atoms with Crippen molar-refractivity contribution >= 4 is 59.6 Å². The average molecular weight is 1800 g/mol. The van der Waals surface area contributed by atoms with E-state index in [1.54, 1.807) is 19.1 Å². The van der Waals surface area contributed by atoms with Gasteiger partial charge in [-0.15, -0.1) is 0 Å². The Labute approximate surface area is 722 Å². The number of methoxy groups -OCH3 is 13. The minimum Gasteiger partial charge on any atom is -0.463 e. The van der Waals surface area contributed by atoms with Gasteiger partial charge in [-0.1, -0.05) is 12.1 Å². The number of carbonyl (C=O) groups excluding carboxylic acids is 10.